The summed E-state index contributed by atoms with van der Waals surface area (Å²) >= 11 is 2.00. The quantitative estimate of drug-likeness (QED) is 0.297. The number of nitrogens with one attached hydrogen (secondary N) is 2. The molecule has 2 rings (SSSR count). The second-order valence-corrected chi connectivity index (χ2v) is 7.05. The van der Waals surface area contributed by atoms with Gasteiger partial charge >= 0.3 is 0 Å². The van der Waals surface area contributed by atoms with E-state index in [-0.39, 0.29) is 24.0 Å². The molecule has 1 saturated carbocycles. The zero-order valence-electron chi connectivity index (χ0n) is 13.4. The number of hydrogen-bond donors (Lipinski definition) is 2. The van der Waals surface area contributed by atoms with E-state index in [4.69, 9.17) is 0 Å². The van der Waals surface area contributed by atoms with Gasteiger partial charge < -0.3 is 15.5 Å². The van der Waals surface area contributed by atoms with E-state index in [0.29, 0.717) is 6.04 Å². The Morgan fingerprint density at radius 2 is 2.05 bits per heavy atom. The smallest absolute Gasteiger partial charge is 0.191 e. The van der Waals surface area contributed by atoms with Gasteiger partial charge in [-0.1, -0.05) is 0 Å². The molecule has 2 aliphatic rings. The van der Waals surface area contributed by atoms with Crippen LogP contribution in [0.1, 0.15) is 38.5 Å². The van der Waals surface area contributed by atoms with Crippen molar-refractivity contribution in [2.45, 2.75) is 49.8 Å². The molecule has 0 spiro atoms. The molecule has 0 radical (unpaired) electrons. The average molecular weight is 426 g/mol. The zero-order valence-corrected chi connectivity index (χ0v) is 16.6. The minimum atomic E-state index is 0. The molecule has 2 unspecified atom stereocenters. The highest BCUT2D eigenvalue weighted by Crippen LogP contribution is 2.27. The lowest BCUT2D eigenvalue weighted by molar-refractivity contribution is 0.334. The maximum Gasteiger partial charge on any atom is 0.191 e. The number of guanidine groups is 1. The van der Waals surface area contributed by atoms with E-state index in [0.717, 1.165) is 17.8 Å². The number of rotatable bonds is 6. The highest BCUT2D eigenvalue weighted by molar-refractivity contribution is 14.0. The van der Waals surface area contributed by atoms with Crippen molar-refractivity contribution in [3.63, 3.8) is 0 Å². The van der Waals surface area contributed by atoms with Crippen molar-refractivity contribution in [1.29, 1.82) is 0 Å². The van der Waals surface area contributed by atoms with Gasteiger partial charge in [0.25, 0.3) is 0 Å². The summed E-state index contributed by atoms with van der Waals surface area (Å²) in [6.07, 6.45) is 10.1. The minimum absolute atomic E-state index is 0. The maximum absolute atomic E-state index is 4.35. The molecule has 124 valence electrons. The molecule has 2 atom stereocenters. The van der Waals surface area contributed by atoms with Gasteiger partial charge in [-0.3, -0.25) is 4.99 Å². The van der Waals surface area contributed by atoms with Crippen molar-refractivity contribution >= 4 is 41.7 Å². The van der Waals surface area contributed by atoms with Crippen LogP contribution < -0.4 is 10.6 Å². The molecule has 2 N–H and O–H groups in total. The van der Waals surface area contributed by atoms with Crippen LogP contribution in [-0.2, 0) is 0 Å². The van der Waals surface area contributed by atoms with Crippen molar-refractivity contribution in [3.05, 3.63) is 0 Å². The van der Waals surface area contributed by atoms with Gasteiger partial charge in [0, 0.05) is 24.9 Å². The Morgan fingerprint density at radius 3 is 2.67 bits per heavy atom. The first-order chi connectivity index (χ1) is 9.81. The van der Waals surface area contributed by atoms with Gasteiger partial charge in [0.2, 0.25) is 0 Å². The molecule has 4 nitrogen and oxygen atoms in total. The molecule has 21 heavy (non-hydrogen) atoms. The number of nitrogens with zero attached hydrogens (tertiary/aromatic N) is 2. The van der Waals surface area contributed by atoms with E-state index in [1.807, 2.05) is 18.8 Å². The molecule has 1 saturated heterocycles. The molecule has 0 aromatic carbocycles. The maximum atomic E-state index is 4.35. The van der Waals surface area contributed by atoms with Crippen LogP contribution in [0.25, 0.3) is 0 Å². The van der Waals surface area contributed by atoms with Crippen LogP contribution in [0.4, 0.5) is 0 Å². The third-order valence-electron chi connectivity index (χ3n) is 4.42. The van der Waals surface area contributed by atoms with Crippen molar-refractivity contribution < 1.29 is 0 Å². The second-order valence-electron chi connectivity index (χ2n) is 5.91. The third-order valence-corrected chi connectivity index (χ3v) is 5.52. The van der Waals surface area contributed by atoms with Crippen molar-refractivity contribution in [2.24, 2.45) is 4.99 Å². The fraction of sp³-hybridized carbons (Fsp3) is 0.933. The summed E-state index contributed by atoms with van der Waals surface area (Å²) in [7, 11) is 1.87. The first-order valence-corrected chi connectivity index (χ1v) is 9.33. The normalized spacial score (nSPS) is 26.7. The number of thioether (sulfide) groups is 1. The van der Waals surface area contributed by atoms with Crippen molar-refractivity contribution in [2.75, 3.05) is 39.5 Å². The first-order valence-electron chi connectivity index (χ1n) is 8.04. The highest BCUT2D eigenvalue weighted by atomic mass is 127. The Hall–Kier alpha value is 0.310. The summed E-state index contributed by atoms with van der Waals surface area (Å²) < 4.78 is 0. The van der Waals surface area contributed by atoms with Gasteiger partial charge in [0.1, 0.15) is 0 Å². The fourth-order valence-corrected chi connectivity index (χ4v) is 3.99. The Morgan fingerprint density at radius 1 is 1.29 bits per heavy atom. The summed E-state index contributed by atoms with van der Waals surface area (Å²) in [6.45, 7) is 4.84. The van der Waals surface area contributed by atoms with Gasteiger partial charge in [0.05, 0.1) is 0 Å². The molecule has 0 amide bonds. The molecule has 1 aliphatic heterocycles. The van der Waals surface area contributed by atoms with E-state index in [1.54, 1.807) is 0 Å². The fourth-order valence-electron chi connectivity index (χ4n) is 3.19. The van der Waals surface area contributed by atoms with Gasteiger partial charge in [-0.25, -0.2) is 0 Å². The molecule has 0 aromatic rings. The van der Waals surface area contributed by atoms with Gasteiger partial charge in [-0.05, 0) is 64.4 Å². The Kier molecular flexibility index (Phi) is 10.1. The summed E-state index contributed by atoms with van der Waals surface area (Å²) in [5, 5.41) is 7.86. The molecular formula is C15H31IN4S. The number of likely N-dealkylation sites (tertiary alicyclic amines) is 1. The second kappa shape index (κ2) is 10.9. The monoisotopic (exact) mass is 426 g/mol. The largest absolute Gasteiger partial charge is 0.356 e. The van der Waals surface area contributed by atoms with E-state index in [1.165, 1.54) is 58.2 Å². The van der Waals surface area contributed by atoms with Crippen molar-refractivity contribution in [3.8, 4) is 0 Å². The molecule has 1 aliphatic carbocycles. The standard InChI is InChI=1S/C15H30N4S.HI/c1-16-15(18-13-6-7-14(12-13)20-2)17-8-5-11-19-9-3-4-10-19;/h13-14H,3-12H2,1-2H3,(H2,16,17,18);1H. The molecule has 0 bridgehead atoms. The average Bonchev–Trinajstić information content (AvgIpc) is 3.13. The van der Waals surface area contributed by atoms with Gasteiger partial charge in [-0.2, -0.15) is 11.8 Å². The predicted molar refractivity (Wildman–Crippen MR) is 105 cm³/mol. The van der Waals surface area contributed by atoms with Crippen LogP contribution in [0.5, 0.6) is 0 Å². The summed E-state index contributed by atoms with van der Waals surface area (Å²) in [4.78, 5) is 6.91. The van der Waals surface area contributed by atoms with Crippen LogP contribution in [0.15, 0.2) is 4.99 Å². The highest BCUT2D eigenvalue weighted by Gasteiger charge is 2.24. The number of aliphatic imine (C=N–C) groups is 1. The Bertz CT molecular complexity index is 308. The molecule has 1 heterocycles. The SMILES string of the molecule is CN=C(NCCCN1CCCC1)NC1CCC(SC)C1.I. The van der Waals surface area contributed by atoms with E-state index in [2.05, 4.69) is 26.8 Å². The van der Waals surface area contributed by atoms with Crippen LogP contribution in [0, 0.1) is 0 Å². The number of halogens is 1. The minimum Gasteiger partial charge on any atom is -0.356 e. The van der Waals surface area contributed by atoms with Gasteiger partial charge in [-0.15, -0.1) is 24.0 Å². The van der Waals surface area contributed by atoms with E-state index >= 15 is 0 Å². The predicted octanol–water partition coefficient (Wildman–Crippen LogP) is 2.54. The zero-order chi connectivity index (χ0) is 14.2. The van der Waals surface area contributed by atoms with Crippen LogP contribution in [-0.4, -0.2) is 61.6 Å². The lowest BCUT2D eigenvalue weighted by Crippen LogP contribution is -2.43. The lowest BCUT2D eigenvalue weighted by atomic mass is 10.2. The summed E-state index contributed by atoms with van der Waals surface area (Å²) in [6, 6.07) is 0.609. The molecule has 6 heteroatoms. The Labute approximate surface area is 151 Å². The third kappa shape index (κ3) is 6.95. The van der Waals surface area contributed by atoms with Crippen LogP contribution in [0.2, 0.25) is 0 Å². The van der Waals surface area contributed by atoms with E-state index in [9.17, 15) is 0 Å². The molecular weight excluding hydrogens is 395 g/mol. The lowest BCUT2D eigenvalue weighted by Gasteiger charge is -2.18. The number of hydrogen-bond acceptors (Lipinski definition) is 3. The van der Waals surface area contributed by atoms with Gasteiger partial charge in [0.15, 0.2) is 5.96 Å². The summed E-state index contributed by atoms with van der Waals surface area (Å²) in [5.41, 5.74) is 0. The van der Waals surface area contributed by atoms with Crippen LogP contribution in [0.3, 0.4) is 0 Å². The molecule has 0 aromatic heterocycles. The topological polar surface area (TPSA) is 39.7 Å². The van der Waals surface area contributed by atoms with Crippen LogP contribution >= 0.6 is 35.7 Å². The van der Waals surface area contributed by atoms with E-state index < -0.39 is 0 Å². The molecule has 2 fully saturated rings. The van der Waals surface area contributed by atoms with Crippen molar-refractivity contribution in [1.82, 2.24) is 15.5 Å². The first kappa shape index (κ1) is 19.4. The summed E-state index contributed by atoms with van der Waals surface area (Å²) in [5.74, 6) is 0.984. The Balaban J connectivity index is 0.00000220.